The number of aromatic hydroxyl groups is 1. The van der Waals surface area contributed by atoms with Gasteiger partial charge >= 0.3 is 5.63 Å². The lowest BCUT2D eigenvalue weighted by Gasteiger charge is -2.31. The van der Waals surface area contributed by atoms with Crippen LogP contribution in [-0.4, -0.2) is 23.1 Å². The highest BCUT2D eigenvalue weighted by molar-refractivity contribution is 6.14. The Morgan fingerprint density at radius 2 is 1.96 bits per heavy atom. The number of para-hydroxylation sites is 1. The number of benzene rings is 2. The molecule has 0 saturated carbocycles. The lowest BCUT2D eigenvalue weighted by molar-refractivity contribution is 0.176. The zero-order valence-corrected chi connectivity index (χ0v) is 15.2. The second-order valence-electron chi connectivity index (χ2n) is 7.61. The largest absolute Gasteiger partial charge is 0.508 e. The van der Waals surface area contributed by atoms with Crippen molar-refractivity contribution >= 4 is 32.9 Å². The van der Waals surface area contributed by atoms with Crippen LogP contribution in [0.1, 0.15) is 25.3 Å². The summed E-state index contributed by atoms with van der Waals surface area (Å²) in [6.45, 7) is 4.83. The number of phenols is 1. The van der Waals surface area contributed by atoms with Gasteiger partial charge in [-0.2, -0.15) is 0 Å². The van der Waals surface area contributed by atoms with Crippen molar-refractivity contribution in [2.24, 2.45) is 5.92 Å². The Hall–Kier alpha value is -2.79. The molecule has 4 aromatic rings. The first-order chi connectivity index (χ1) is 13.1. The molecular formula is C22H21NO4. The minimum Gasteiger partial charge on any atom is -0.508 e. The van der Waals surface area contributed by atoms with Crippen LogP contribution in [0.25, 0.3) is 32.9 Å². The molecule has 138 valence electrons. The fourth-order valence-corrected chi connectivity index (χ4v) is 4.34. The van der Waals surface area contributed by atoms with Crippen LogP contribution in [0.4, 0.5) is 0 Å². The molecule has 1 unspecified atom stereocenters. The van der Waals surface area contributed by atoms with E-state index in [1.807, 2.05) is 18.2 Å². The molecule has 2 aromatic carbocycles. The fraction of sp³-hybridized carbons (Fsp3) is 0.318. The summed E-state index contributed by atoms with van der Waals surface area (Å²) in [6, 6.07) is 10.7. The monoisotopic (exact) mass is 363 g/mol. The maximum atomic E-state index is 12.8. The molecule has 5 heteroatoms. The first-order valence-corrected chi connectivity index (χ1v) is 9.43. The van der Waals surface area contributed by atoms with Crippen molar-refractivity contribution in [3.05, 3.63) is 52.4 Å². The predicted molar refractivity (Wildman–Crippen MR) is 105 cm³/mol. The topological polar surface area (TPSA) is 66.8 Å². The highest BCUT2D eigenvalue weighted by Gasteiger charge is 2.23. The summed E-state index contributed by atoms with van der Waals surface area (Å²) in [4.78, 5) is 15.1. The van der Waals surface area contributed by atoms with Crippen LogP contribution < -0.4 is 5.63 Å². The quantitative estimate of drug-likeness (QED) is 0.526. The molecule has 1 N–H and O–H groups in total. The van der Waals surface area contributed by atoms with Gasteiger partial charge in [0, 0.05) is 24.0 Å². The highest BCUT2D eigenvalue weighted by Crippen LogP contribution is 2.37. The minimum absolute atomic E-state index is 0.191. The molecule has 3 heterocycles. The second kappa shape index (κ2) is 6.13. The molecule has 0 radical (unpaired) electrons. The molecule has 1 aliphatic heterocycles. The van der Waals surface area contributed by atoms with Gasteiger partial charge in [-0.15, -0.1) is 0 Å². The maximum Gasteiger partial charge on any atom is 0.348 e. The smallest absolute Gasteiger partial charge is 0.348 e. The van der Waals surface area contributed by atoms with E-state index in [1.54, 1.807) is 18.2 Å². The van der Waals surface area contributed by atoms with Crippen molar-refractivity contribution in [1.29, 1.82) is 0 Å². The maximum absolute atomic E-state index is 12.8. The average Bonchev–Trinajstić information content (AvgIpc) is 3.05. The number of piperidine rings is 1. The number of hydrogen-bond acceptors (Lipinski definition) is 5. The first-order valence-electron chi connectivity index (χ1n) is 9.43. The van der Waals surface area contributed by atoms with Gasteiger partial charge in [-0.05, 0) is 49.6 Å². The SMILES string of the molecule is CC1CCCN(Cc2c(O)ccc3oc4c5ccccc5oc(=O)c4c23)C1. The van der Waals surface area contributed by atoms with Gasteiger partial charge in [0.1, 0.15) is 22.3 Å². The number of furan rings is 1. The van der Waals surface area contributed by atoms with Gasteiger partial charge in [0.05, 0.1) is 5.39 Å². The molecule has 1 fully saturated rings. The van der Waals surface area contributed by atoms with Gasteiger partial charge in [0.2, 0.25) is 0 Å². The lowest BCUT2D eigenvalue weighted by Crippen LogP contribution is -2.33. The normalized spacial score (nSPS) is 18.6. The van der Waals surface area contributed by atoms with Crippen molar-refractivity contribution in [2.45, 2.75) is 26.3 Å². The predicted octanol–water partition coefficient (Wildman–Crippen LogP) is 4.63. The summed E-state index contributed by atoms with van der Waals surface area (Å²) < 4.78 is 11.6. The van der Waals surface area contributed by atoms with Crippen molar-refractivity contribution < 1.29 is 13.9 Å². The van der Waals surface area contributed by atoms with E-state index in [2.05, 4.69) is 11.8 Å². The van der Waals surface area contributed by atoms with Crippen LogP contribution in [0.5, 0.6) is 5.75 Å². The minimum atomic E-state index is -0.429. The van der Waals surface area contributed by atoms with Crippen LogP contribution >= 0.6 is 0 Å². The molecule has 5 nitrogen and oxygen atoms in total. The van der Waals surface area contributed by atoms with Gasteiger partial charge < -0.3 is 13.9 Å². The van der Waals surface area contributed by atoms with Crippen LogP contribution in [0.2, 0.25) is 0 Å². The molecule has 0 spiro atoms. The van der Waals surface area contributed by atoms with Crippen molar-refractivity contribution in [3.63, 3.8) is 0 Å². The van der Waals surface area contributed by atoms with Gasteiger partial charge in [0.25, 0.3) is 0 Å². The zero-order chi connectivity index (χ0) is 18.5. The fourth-order valence-electron chi connectivity index (χ4n) is 4.34. The number of phenolic OH excluding ortho intramolecular Hbond substituents is 1. The molecule has 0 amide bonds. The number of fused-ring (bicyclic) bond motifs is 5. The van der Waals surface area contributed by atoms with E-state index in [0.29, 0.717) is 40.0 Å². The molecule has 5 rings (SSSR count). The third-order valence-electron chi connectivity index (χ3n) is 5.60. The Kier molecular flexibility index (Phi) is 3.72. The zero-order valence-electron chi connectivity index (χ0n) is 15.2. The Bertz CT molecular complexity index is 1220. The molecule has 0 aliphatic carbocycles. The van der Waals surface area contributed by atoms with Crippen molar-refractivity contribution in [3.8, 4) is 5.75 Å². The molecule has 0 bridgehead atoms. The van der Waals surface area contributed by atoms with E-state index < -0.39 is 5.63 Å². The molecular weight excluding hydrogens is 342 g/mol. The molecule has 1 saturated heterocycles. The summed E-state index contributed by atoms with van der Waals surface area (Å²) >= 11 is 0. The average molecular weight is 363 g/mol. The van der Waals surface area contributed by atoms with E-state index in [4.69, 9.17) is 8.83 Å². The number of rotatable bonds is 2. The third kappa shape index (κ3) is 2.61. The number of hydrogen-bond donors (Lipinski definition) is 1. The van der Waals surface area contributed by atoms with Gasteiger partial charge in [-0.25, -0.2) is 4.79 Å². The highest BCUT2D eigenvalue weighted by atomic mass is 16.4. The van der Waals surface area contributed by atoms with Crippen molar-refractivity contribution in [2.75, 3.05) is 13.1 Å². The molecule has 2 aromatic heterocycles. The lowest BCUT2D eigenvalue weighted by atomic mass is 9.98. The Morgan fingerprint density at radius 3 is 2.81 bits per heavy atom. The van der Waals surface area contributed by atoms with E-state index in [-0.39, 0.29) is 5.75 Å². The molecule has 1 atom stereocenters. The summed E-state index contributed by atoms with van der Waals surface area (Å²) in [5.41, 5.74) is 1.94. The summed E-state index contributed by atoms with van der Waals surface area (Å²) in [6.07, 6.45) is 2.38. The number of nitrogens with zero attached hydrogens (tertiary/aromatic N) is 1. The van der Waals surface area contributed by atoms with Crippen LogP contribution in [-0.2, 0) is 6.54 Å². The van der Waals surface area contributed by atoms with E-state index in [9.17, 15) is 9.90 Å². The first kappa shape index (κ1) is 16.4. The van der Waals surface area contributed by atoms with Crippen molar-refractivity contribution in [1.82, 2.24) is 4.90 Å². The summed E-state index contributed by atoms with van der Waals surface area (Å²) in [5, 5.41) is 12.4. The number of likely N-dealkylation sites (tertiary alicyclic amines) is 1. The van der Waals surface area contributed by atoms with Gasteiger partial charge in [-0.1, -0.05) is 19.1 Å². The Morgan fingerprint density at radius 1 is 1.11 bits per heavy atom. The Balaban J connectivity index is 1.78. The van der Waals surface area contributed by atoms with Gasteiger partial charge in [-0.3, -0.25) is 4.90 Å². The molecule has 1 aliphatic rings. The molecule has 27 heavy (non-hydrogen) atoms. The summed E-state index contributed by atoms with van der Waals surface area (Å²) in [5.74, 6) is 0.825. The van der Waals surface area contributed by atoms with E-state index in [1.165, 1.54) is 6.42 Å². The van der Waals surface area contributed by atoms with E-state index in [0.717, 1.165) is 30.5 Å². The van der Waals surface area contributed by atoms with E-state index >= 15 is 0 Å². The second-order valence-corrected chi connectivity index (χ2v) is 7.61. The Labute approximate surface area is 155 Å². The standard InChI is InChI=1S/C22H21NO4/c1-13-5-4-10-23(11-13)12-15-16(24)8-9-18-19(15)20-21(26-18)14-6-2-3-7-17(14)27-22(20)25/h2-3,6-9,13,24H,4-5,10-12H2,1H3. The third-order valence-corrected chi connectivity index (χ3v) is 5.60. The summed E-state index contributed by atoms with van der Waals surface area (Å²) in [7, 11) is 0. The van der Waals surface area contributed by atoms with Crippen LogP contribution in [0.3, 0.4) is 0 Å². The van der Waals surface area contributed by atoms with Gasteiger partial charge in [0.15, 0.2) is 5.58 Å². The van der Waals surface area contributed by atoms with Crippen LogP contribution in [0, 0.1) is 5.92 Å². The van der Waals surface area contributed by atoms with Crippen LogP contribution in [0.15, 0.2) is 50.0 Å².